The summed E-state index contributed by atoms with van der Waals surface area (Å²) in [5.74, 6) is 0.794. The Hall–Kier alpha value is -0.120. The van der Waals surface area contributed by atoms with Crippen LogP contribution in [0.4, 0.5) is 0 Å². The fourth-order valence-electron chi connectivity index (χ4n) is 2.93. The zero-order valence-corrected chi connectivity index (χ0v) is 10.5. The first-order valence-corrected chi connectivity index (χ1v) is 6.54. The molecule has 4 atom stereocenters. The van der Waals surface area contributed by atoms with Gasteiger partial charge in [-0.3, -0.25) is 0 Å². The normalized spacial score (nSPS) is 36.8. The van der Waals surface area contributed by atoms with Gasteiger partial charge in [0.25, 0.3) is 0 Å². The van der Waals surface area contributed by atoms with Crippen LogP contribution in [0, 0.1) is 5.92 Å². The number of ether oxygens (including phenoxy) is 3. The van der Waals surface area contributed by atoms with E-state index in [2.05, 4.69) is 6.92 Å². The van der Waals surface area contributed by atoms with E-state index in [0.29, 0.717) is 18.3 Å². The van der Waals surface area contributed by atoms with Crippen molar-refractivity contribution in [3.05, 3.63) is 0 Å². The molecule has 1 saturated heterocycles. The minimum Gasteiger partial charge on any atom is -0.381 e. The van der Waals surface area contributed by atoms with Crippen LogP contribution in [0.15, 0.2) is 0 Å². The highest BCUT2D eigenvalue weighted by atomic mass is 16.5. The second-order valence-corrected chi connectivity index (χ2v) is 5.20. The molecule has 3 nitrogen and oxygen atoms in total. The molecule has 1 heterocycles. The monoisotopic (exact) mass is 228 g/mol. The van der Waals surface area contributed by atoms with Gasteiger partial charge in [-0.05, 0) is 44.9 Å². The Morgan fingerprint density at radius 3 is 2.75 bits per heavy atom. The van der Waals surface area contributed by atoms with E-state index >= 15 is 0 Å². The van der Waals surface area contributed by atoms with Crippen LogP contribution in [-0.4, -0.2) is 38.6 Å². The smallest absolute Gasteiger partial charge is 0.0834 e. The van der Waals surface area contributed by atoms with Gasteiger partial charge in [0.2, 0.25) is 0 Å². The lowest BCUT2D eigenvalue weighted by Crippen LogP contribution is -2.22. The minimum atomic E-state index is 0.342. The van der Waals surface area contributed by atoms with E-state index in [1.807, 2.05) is 7.11 Å². The first-order chi connectivity index (χ1) is 7.78. The van der Waals surface area contributed by atoms with Crippen molar-refractivity contribution in [2.24, 2.45) is 5.92 Å². The highest BCUT2D eigenvalue weighted by molar-refractivity contribution is 4.78. The van der Waals surface area contributed by atoms with E-state index in [4.69, 9.17) is 14.2 Å². The summed E-state index contributed by atoms with van der Waals surface area (Å²) in [5, 5.41) is 0. The molecule has 2 fully saturated rings. The van der Waals surface area contributed by atoms with Crippen LogP contribution in [-0.2, 0) is 14.2 Å². The van der Waals surface area contributed by atoms with Gasteiger partial charge < -0.3 is 14.2 Å². The van der Waals surface area contributed by atoms with E-state index in [9.17, 15) is 0 Å². The highest BCUT2D eigenvalue weighted by Gasteiger charge is 2.27. The third kappa shape index (κ3) is 3.44. The second kappa shape index (κ2) is 5.99. The van der Waals surface area contributed by atoms with Crippen LogP contribution in [0.1, 0.15) is 39.0 Å². The van der Waals surface area contributed by atoms with Crippen molar-refractivity contribution in [2.45, 2.75) is 57.3 Å². The molecular weight excluding hydrogens is 204 g/mol. The van der Waals surface area contributed by atoms with Crippen LogP contribution in [0.5, 0.6) is 0 Å². The maximum atomic E-state index is 5.98. The molecule has 3 heteroatoms. The Bertz CT molecular complexity index is 201. The molecule has 2 rings (SSSR count). The molecule has 0 bridgehead atoms. The van der Waals surface area contributed by atoms with Crippen molar-refractivity contribution in [1.82, 2.24) is 0 Å². The first kappa shape index (κ1) is 12.3. The SMILES string of the molecule is COC1CCC(CC(C)OC2CCOC2)C1. The Kier molecular flexibility index (Phi) is 4.62. The summed E-state index contributed by atoms with van der Waals surface area (Å²) in [6.45, 7) is 3.85. The molecule has 4 unspecified atom stereocenters. The molecule has 0 amide bonds. The van der Waals surface area contributed by atoms with E-state index < -0.39 is 0 Å². The van der Waals surface area contributed by atoms with Crippen LogP contribution < -0.4 is 0 Å². The summed E-state index contributed by atoms with van der Waals surface area (Å²) in [4.78, 5) is 0. The van der Waals surface area contributed by atoms with Gasteiger partial charge in [0.05, 0.1) is 24.9 Å². The van der Waals surface area contributed by atoms with Gasteiger partial charge in [-0.2, -0.15) is 0 Å². The molecule has 16 heavy (non-hydrogen) atoms. The third-order valence-electron chi connectivity index (χ3n) is 3.80. The molecule has 0 aromatic heterocycles. The standard InChI is InChI=1S/C13H24O3/c1-10(16-13-5-6-15-9-13)7-11-3-4-12(8-11)14-2/h10-13H,3-9H2,1-2H3. The van der Waals surface area contributed by atoms with Crippen molar-refractivity contribution in [2.75, 3.05) is 20.3 Å². The molecule has 2 aliphatic rings. The molecule has 1 aliphatic carbocycles. The fourth-order valence-corrected chi connectivity index (χ4v) is 2.93. The van der Waals surface area contributed by atoms with Crippen LogP contribution >= 0.6 is 0 Å². The predicted molar refractivity (Wildman–Crippen MR) is 62.5 cm³/mol. The largest absolute Gasteiger partial charge is 0.381 e. The van der Waals surface area contributed by atoms with Crippen molar-refractivity contribution >= 4 is 0 Å². The molecular formula is C13H24O3. The lowest BCUT2D eigenvalue weighted by molar-refractivity contribution is -0.0177. The van der Waals surface area contributed by atoms with Crippen molar-refractivity contribution in [3.63, 3.8) is 0 Å². The van der Waals surface area contributed by atoms with Gasteiger partial charge in [-0.25, -0.2) is 0 Å². The summed E-state index contributed by atoms with van der Waals surface area (Å²) < 4.78 is 16.7. The van der Waals surface area contributed by atoms with Gasteiger partial charge >= 0.3 is 0 Å². The summed E-state index contributed by atoms with van der Waals surface area (Å²) in [6.07, 6.45) is 7.18. The lowest BCUT2D eigenvalue weighted by Gasteiger charge is -2.20. The zero-order chi connectivity index (χ0) is 11.4. The van der Waals surface area contributed by atoms with Gasteiger partial charge in [0, 0.05) is 13.7 Å². The quantitative estimate of drug-likeness (QED) is 0.723. The summed E-state index contributed by atoms with van der Waals surface area (Å²) in [6, 6.07) is 0. The molecule has 0 N–H and O–H groups in total. The van der Waals surface area contributed by atoms with Gasteiger partial charge in [-0.1, -0.05) is 0 Å². The van der Waals surface area contributed by atoms with Gasteiger partial charge in [0.1, 0.15) is 0 Å². The molecule has 1 aliphatic heterocycles. The van der Waals surface area contributed by atoms with Crippen LogP contribution in [0.3, 0.4) is 0 Å². The molecule has 0 radical (unpaired) electrons. The van der Waals surface area contributed by atoms with E-state index in [-0.39, 0.29) is 0 Å². The maximum Gasteiger partial charge on any atom is 0.0834 e. The minimum absolute atomic E-state index is 0.342. The predicted octanol–water partition coefficient (Wildman–Crippen LogP) is 2.39. The Balaban J connectivity index is 1.64. The maximum absolute atomic E-state index is 5.98. The van der Waals surface area contributed by atoms with E-state index in [0.717, 1.165) is 25.6 Å². The van der Waals surface area contributed by atoms with E-state index in [1.165, 1.54) is 25.7 Å². The Morgan fingerprint density at radius 1 is 1.25 bits per heavy atom. The fraction of sp³-hybridized carbons (Fsp3) is 1.00. The molecule has 0 aromatic carbocycles. The summed E-state index contributed by atoms with van der Waals surface area (Å²) in [5.41, 5.74) is 0. The third-order valence-corrected chi connectivity index (χ3v) is 3.80. The van der Waals surface area contributed by atoms with Crippen LogP contribution in [0.2, 0.25) is 0 Å². The second-order valence-electron chi connectivity index (χ2n) is 5.20. The average molecular weight is 228 g/mol. The number of hydrogen-bond donors (Lipinski definition) is 0. The van der Waals surface area contributed by atoms with Crippen molar-refractivity contribution < 1.29 is 14.2 Å². The highest BCUT2D eigenvalue weighted by Crippen LogP contribution is 2.31. The average Bonchev–Trinajstić information content (AvgIpc) is 2.89. The lowest BCUT2D eigenvalue weighted by atomic mass is 10.0. The van der Waals surface area contributed by atoms with Gasteiger partial charge in [0.15, 0.2) is 0 Å². The number of hydrogen-bond acceptors (Lipinski definition) is 3. The van der Waals surface area contributed by atoms with E-state index in [1.54, 1.807) is 0 Å². The molecule has 0 spiro atoms. The topological polar surface area (TPSA) is 27.7 Å². The van der Waals surface area contributed by atoms with Crippen molar-refractivity contribution in [1.29, 1.82) is 0 Å². The Labute approximate surface area is 98.4 Å². The first-order valence-electron chi connectivity index (χ1n) is 6.54. The number of rotatable bonds is 5. The summed E-state index contributed by atoms with van der Waals surface area (Å²) >= 11 is 0. The zero-order valence-electron chi connectivity index (χ0n) is 10.5. The number of methoxy groups -OCH3 is 1. The molecule has 0 aromatic rings. The van der Waals surface area contributed by atoms with Gasteiger partial charge in [-0.15, -0.1) is 0 Å². The molecule has 94 valence electrons. The summed E-state index contributed by atoms with van der Waals surface area (Å²) in [7, 11) is 1.82. The Morgan fingerprint density at radius 2 is 2.12 bits per heavy atom. The van der Waals surface area contributed by atoms with Crippen molar-refractivity contribution in [3.8, 4) is 0 Å². The molecule has 1 saturated carbocycles. The van der Waals surface area contributed by atoms with Crippen LogP contribution in [0.25, 0.3) is 0 Å².